The lowest BCUT2D eigenvalue weighted by Crippen LogP contribution is -2.26. The maximum atomic E-state index is 12.4. The van der Waals surface area contributed by atoms with Crippen molar-refractivity contribution >= 4 is 27.9 Å². The summed E-state index contributed by atoms with van der Waals surface area (Å²) in [6.07, 6.45) is 1.26. The van der Waals surface area contributed by atoms with Gasteiger partial charge in [-0.2, -0.15) is 5.26 Å². The van der Waals surface area contributed by atoms with Crippen molar-refractivity contribution in [1.29, 1.82) is 5.26 Å². The van der Waals surface area contributed by atoms with Crippen LogP contribution in [0.5, 0.6) is 0 Å². The van der Waals surface area contributed by atoms with Crippen molar-refractivity contribution in [1.82, 2.24) is 9.38 Å². The molecule has 22 heavy (non-hydrogen) atoms. The van der Waals surface area contributed by atoms with Gasteiger partial charge in [-0.3, -0.25) is 14.0 Å². The van der Waals surface area contributed by atoms with Gasteiger partial charge in [0.15, 0.2) is 4.96 Å². The van der Waals surface area contributed by atoms with Gasteiger partial charge in [0, 0.05) is 17.3 Å². The highest BCUT2D eigenvalue weighted by molar-refractivity contribution is 7.15. The van der Waals surface area contributed by atoms with Gasteiger partial charge in [-0.05, 0) is 19.1 Å². The van der Waals surface area contributed by atoms with Crippen molar-refractivity contribution in [2.45, 2.75) is 6.92 Å². The predicted molar refractivity (Wildman–Crippen MR) is 83.2 cm³/mol. The van der Waals surface area contributed by atoms with E-state index in [1.165, 1.54) is 21.9 Å². The van der Waals surface area contributed by atoms with E-state index in [1.54, 1.807) is 36.6 Å². The van der Waals surface area contributed by atoms with Crippen LogP contribution in [0.1, 0.15) is 21.6 Å². The SMILES string of the molecule is Cc1csc2ncc(C(=O)Nc3ccccc3C#N)c(=O)n12. The van der Waals surface area contributed by atoms with Crippen molar-refractivity contribution < 1.29 is 4.79 Å². The Morgan fingerprint density at radius 1 is 1.41 bits per heavy atom. The minimum atomic E-state index is -0.583. The molecule has 0 aliphatic carbocycles. The van der Waals surface area contributed by atoms with Gasteiger partial charge in [0.2, 0.25) is 0 Å². The number of thiazole rings is 1. The molecule has 0 atom stereocenters. The highest BCUT2D eigenvalue weighted by atomic mass is 32.1. The number of carbonyl (C=O) groups is 1. The second-order valence-electron chi connectivity index (χ2n) is 4.58. The first-order valence-corrected chi connectivity index (χ1v) is 7.26. The number of nitrogens with one attached hydrogen (secondary N) is 1. The number of nitrogens with zero attached hydrogens (tertiary/aromatic N) is 3. The Labute approximate surface area is 129 Å². The molecule has 2 heterocycles. The maximum Gasteiger partial charge on any atom is 0.271 e. The number of amides is 1. The van der Waals surface area contributed by atoms with Gasteiger partial charge in [0.25, 0.3) is 11.5 Å². The lowest BCUT2D eigenvalue weighted by molar-refractivity contribution is 0.102. The number of anilines is 1. The number of rotatable bonds is 2. The van der Waals surface area contributed by atoms with E-state index in [0.717, 1.165) is 5.69 Å². The molecular formula is C15H10N4O2S. The first-order chi connectivity index (χ1) is 10.6. The van der Waals surface area contributed by atoms with E-state index in [-0.39, 0.29) is 5.56 Å². The molecule has 1 N–H and O–H groups in total. The van der Waals surface area contributed by atoms with Crippen LogP contribution in [-0.4, -0.2) is 15.3 Å². The summed E-state index contributed by atoms with van der Waals surface area (Å²) in [6, 6.07) is 8.59. The first-order valence-electron chi connectivity index (χ1n) is 6.38. The standard InChI is InChI=1S/C15H10N4O2S/c1-9-8-22-15-17-7-11(14(21)19(9)15)13(20)18-12-5-3-2-4-10(12)6-16/h2-5,7-8H,1H3,(H,18,20). The van der Waals surface area contributed by atoms with Crippen LogP contribution in [0.2, 0.25) is 0 Å². The highest BCUT2D eigenvalue weighted by Crippen LogP contribution is 2.15. The van der Waals surface area contributed by atoms with Crippen LogP contribution in [-0.2, 0) is 0 Å². The molecule has 0 aliphatic rings. The fourth-order valence-electron chi connectivity index (χ4n) is 2.06. The predicted octanol–water partition coefficient (Wildman–Crippen LogP) is 2.19. The number of para-hydroxylation sites is 1. The van der Waals surface area contributed by atoms with Crippen LogP contribution < -0.4 is 10.9 Å². The number of carbonyl (C=O) groups excluding carboxylic acids is 1. The molecule has 0 fully saturated rings. The molecular weight excluding hydrogens is 300 g/mol. The van der Waals surface area contributed by atoms with Gasteiger partial charge in [-0.1, -0.05) is 12.1 Å². The topological polar surface area (TPSA) is 87.3 Å². The van der Waals surface area contributed by atoms with E-state index in [1.807, 2.05) is 6.07 Å². The normalized spacial score (nSPS) is 10.4. The average molecular weight is 310 g/mol. The number of fused-ring (bicyclic) bond motifs is 1. The summed E-state index contributed by atoms with van der Waals surface area (Å²) in [4.78, 5) is 29.4. The average Bonchev–Trinajstić information content (AvgIpc) is 2.90. The fraction of sp³-hybridized carbons (Fsp3) is 0.0667. The fourth-order valence-corrected chi connectivity index (χ4v) is 2.89. The van der Waals surface area contributed by atoms with Crippen LogP contribution >= 0.6 is 11.3 Å². The molecule has 1 aromatic carbocycles. The van der Waals surface area contributed by atoms with Crippen LogP contribution in [0, 0.1) is 18.3 Å². The van der Waals surface area contributed by atoms with Crippen LogP contribution in [0.3, 0.4) is 0 Å². The van der Waals surface area contributed by atoms with Crippen molar-refractivity contribution in [2.24, 2.45) is 0 Å². The zero-order valence-corrected chi connectivity index (χ0v) is 12.3. The van der Waals surface area contributed by atoms with E-state index in [4.69, 9.17) is 5.26 Å². The molecule has 1 amide bonds. The third kappa shape index (κ3) is 2.25. The van der Waals surface area contributed by atoms with Gasteiger partial charge in [0.05, 0.1) is 11.3 Å². The molecule has 3 rings (SSSR count). The lowest BCUT2D eigenvalue weighted by atomic mass is 10.2. The first kappa shape index (κ1) is 14.0. The molecule has 3 aromatic rings. The molecule has 0 saturated carbocycles. The van der Waals surface area contributed by atoms with Crippen LogP contribution in [0.25, 0.3) is 4.96 Å². The minimum absolute atomic E-state index is 0.0632. The van der Waals surface area contributed by atoms with Crippen molar-refractivity contribution in [3.63, 3.8) is 0 Å². The summed E-state index contributed by atoms with van der Waals surface area (Å²) < 4.78 is 1.40. The third-order valence-electron chi connectivity index (χ3n) is 3.16. The third-order valence-corrected chi connectivity index (χ3v) is 4.11. The van der Waals surface area contributed by atoms with Gasteiger partial charge in [0.1, 0.15) is 11.6 Å². The van der Waals surface area contributed by atoms with Gasteiger partial charge in [-0.25, -0.2) is 4.98 Å². The molecule has 0 bridgehead atoms. The second kappa shape index (κ2) is 5.42. The molecule has 7 heteroatoms. The summed E-state index contributed by atoms with van der Waals surface area (Å²) in [5.41, 5.74) is 0.935. The van der Waals surface area contributed by atoms with Gasteiger partial charge >= 0.3 is 0 Å². The Balaban J connectivity index is 2.03. The Hall–Kier alpha value is -2.98. The molecule has 6 nitrogen and oxygen atoms in total. The molecule has 0 aliphatic heterocycles. The summed E-state index contributed by atoms with van der Waals surface area (Å²) in [6.45, 7) is 1.78. The van der Waals surface area contributed by atoms with Crippen molar-refractivity contribution in [3.05, 3.63) is 63.0 Å². The zero-order valence-electron chi connectivity index (χ0n) is 11.5. The minimum Gasteiger partial charge on any atom is -0.321 e. The van der Waals surface area contributed by atoms with Crippen molar-refractivity contribution in [2.75, 3.05) is 5.32 Å². The maximum absolute atomic E-state index is 12.4. The molecule has 0 spiro atoms. The van der Waals surface area contributed by atoms with E-state index >= 15 is 0 Å². The van der Waals surface area contributed by atoms with Gasteiger partial charge in [-0.15, -0.1) is 11.3 Å². The highest BCUT2D eigenvalue weighted by Gasteiger charge is 2.16. The summed E-state index contributed by atoms with van der Waals surface area (Å²) in [7, 11) is 0. The monoisotopic (exact) mass is 310 g/mol. The Morgan fingerprint density at radius 3 is 2.95 bits per heavy atom. The Kier molecular flexibility index (Phi) is 3.45. The van der Waals surface area contributed by atoms with E-state index < -0.39 is 11.5 Å². The van der Waals surface area contributed by atoms with E-state index in [9.17, 15) is 9.59 Å². The molecule has 0 radical (unpaired) electrons. The number of hydrogen-bond acceptors (Lipinski definition) is 5. The summed E-state index contributed by atoms with van der Waals surface area (Å²) in [5.74, 6) is -0.583. The second-order valence-corrected chi connectivity index (χ2v) is 5.42. The Bertz CT molecular complexity index is 981. The van der Waals surface area contributed by atoms with Crippen molar-refractivity contribution in [3.8, 4) is 6.07 Å². The number of hydrogen-bond donors (Lipinski definition) is 1. The number of aromatic nitrogens is 2. The zero-order chi connectivity index (χ0) is 15.7. The van der Waals surface area contributed by atoms with E-state index in [0.29, 0.717) is 16.2 Å². The van der Waals surface area contributed by atoms with Gasteiger partial charge < -0.3 is 5.32 Å². The lowest BCUT2D eigenvalue weighted by Gasteiger charge is -2.06. The molecule has 0 unspecified atom stereocenters. The molecule has 108 valence electrons. The molecule has 2 aromatic heterocycles. The smallest absolute Gasteiger partial charge is 0.271 e. The summed E-state index contributed by atoms with van der Waals surface area (Å²) >= 11 is 1.34. The summed E-state index contributed by atoms with van der Waals surface area (Å²) in [5, 5.41) is 13.4. The van der Waals surface area contributed by atoms with E-state index in [2.05, 4.69) is 10.3 Å². The number of aryl methyl sites for hydroxylation is 1. The largest absolute Gasteiger partial charge is 0.321 e. The Morgan fingerprint density at radius 2 is 2.18 bits per heavy atom. The number of nitriles is 1. The van der Waals surface area contributed by atoms with Crippen LogP contribution in [0.4, 0.5) is 5.69 Å². The number of benzene rings is 1. The van der Waals surface area contributed by atoms with Crippen LogP contribution in [0.15, 0.2) is 40.6 Å². The molecule has 0 saturated heterocycles. The quantitative estimate of drug-likeness (QED) is 0.786.